The Morgan fingerprint density at radius 1 is 0.569 bits per heavy atom. The Morgan fingerprint density at radius 2 is 0.966 bits per heavy atom. The lowest BCUT2D eigenvalue weighted by Crippen LogP contribution is -2.23. The summed E-state index contributed by atoms with van der Waals surface area (Å²) in [6.07, 6.45) is 7.83. The number of rotatable bonds is 14. The third-order valence-corrected chi connectivity index (χ3v) is 10.1. The van der Waals surface area contributed by atoms with Gasteiger partial charge in [-0.25, -0.2) is 9.59 Å². The second-order valence-electron chi connectivity index (χ2n) is 13.9. The van der Waals surface area contributed by atoms with Crippen molar-refractivity contribution in [1.82, 2.24) is 0 Å². The molecule has 0 radical (unpaired) electrons. The molecule has 300 valence electrons. The van der Waals surface area contributed by atoms with Gasteiger partial charge in [-0.2, -0.15) is 0 Å². The Kier molecular flexibility index (Phi) is 15.0. The first-order chi connectivity index (χ1) is 28.0. The Bertz CT molecular complexity index is 2180. The van der Waals surface area contributed by atoms with Gasteiger partial charge in [-0.15, -0.1) is 0 Å². The van der Waals surface area contributed by atoms with E-state index in [2.05, 4.69) is 10.3 Å². The summed E-state index contributed by atoms with van der Waals surface area (Å²) in [4.78, 5) is 79.9. The van der Waals surface area contributed by atoms with Crippen LogP contribution in [0.2, 0.25) is 0 Å². The molecule has 14 nitrogen and oxygen atoms in total. The van der Waals surface area contributed by atoms with Crippen molar-refractivity contribution in [3.05, 3.63) is 128 Å². The highest BCUT2D eigenvalue weighted by Crippen LogP contribution is 2.32. The average Bonchev–Trinajstić information content (AvgIpc) is 4.00. The van der Waals surface area contributed by atoms with Gasteiger partial charge in [0.2, 0.25) is 11.6 Å². The number of hydrogen-bond acceptors (Lipinski definition) is 12. The first-order valence-electron chi connectivity index (χ1n) is 19.3. The molecule has 2 fully saturated rings. The molecule has 0 spiro atoms. The lowest BCUT2D eigenvalue weighted by atomic mass is 9.93. The van der Waals surface area contributed by atoms with Crippen LogP contribution in [0, 0.1) is 32.1 Å². The number of nitro benzene ring substituents is 2. The highest BCUT2D eigenvalue weighted by atomic mass is 16.7. The Hall–Kier alpha value is -6.70. The lowest BCUT2D eigenvalue weighted by Gasteiger charge is -2.12. The van der Waals surface area contributed by atoms with Crippen LogP contribution in [0.3, 0.4) is 0 Å². The van der Waals surface area contributed by atoms with Crippen molar-refractivity contribution in [2.75, 3.05) is 0 Å². The fourth-order valence-corrected chi connectivity index (χ4v) is 6.89. The van der Waals surface area contributed by atoms with Crippen LogP contribution in [0.1, 0.15) is 98.8 Å². The molecule has 0 aromatic heterocycles. The van der Waals surface area contributed by atoms with E-state index in [9.17, 15) is 39.4 Å². The van der Waals surface area contributed by atoms with E-state index in [4.69, 9.17) is 9.68 Å². The zero-order valence-corrected chi connectivity index (χ0v) is 32.3. The Labute approximate surface area is 335 Å². The number of hydrogen-bond donors (Lipinski definition) is 0. The van der Waals surface area contributed by atoms with Crippen LogP contribution in [-0.4, -0.2) is 44.8 Å². The maximum Gasteiger partial charge on any atom is 0.334 e. The summed E-state index contributed by atoms with van der Waals surface area (Å²) in [5.41, 5.74) is 4.26. The predicted octanol–water partition coefficient (Wildman–Crippen LogP) is 9.89. The summed E-state index contributed by atoms with van der Waals surface area (Å²) >= 11 is 0. The maximum absolute atomic E-state index is 13.0. The zero-order chi connectivity index (χ0) is 41.6. The van der Waals surface area contributed by atoms with E-state index < -0.39 is 21.8 Å². The number of ketones is 2. The molecule has 0 atom stereocenters. The molecule has 2 aliphatic carbocycles. The van der Waals surface area contributed by atoms with Gasteiger partial charge in [-0.1, -0.05) is 111 Å². The normalized spacial score (nSPS) is 14.6. The van der Waals surface area contributed by atoms with E-state index in [0.717, 1.165) is 62.5 Å². The molecular formula is C44H44N4O10. The number of oxime groups is 2. The minimum Gasteiger partial charge on any atom is -0.318 e. The lowest BCUT2D eigenvalue weighted by molar-refractivity contribution is -0.384. The quantitative estimate of drug-likeness (QED) is 0.0389. The van der Waals surface area contributed by atoms with E-state index in [1.165, 1.54) is 18.2 Å². The largest absolute Gasteiger partial charge is 0.334 e. The van der Waals surface area contributed by atoms with Crippen LogP contribution in [0.5, 0.6) is 0 Å². The van der Waals surface area contributed by atoms with Gasteiger partial charge < -0.3 is 9.68 Å². The van der Waals surface area contributed by atoms with Gasteiger partial charge >= 0.3 is 11.9 Å². The molecule has 6 rings (SSSR count). The molecule has 0 aliphatic heterocycles. The standard InChI is InChI=1S/2C22H22N2O5/c1-2-20(25)29-23-21(16-7-3-4-8-16)22(26)17-13-11-15(12-14-17)18-9-5-6-10-19(18)24(27)28;1-2-20(25)29-23-21(17-5-3-4-6-17)22(26)18-9-7-15(8-10-18)16-11-13-19(14-12-16)24(27)28/h5-6,9-14,16H,2-4,7-8H2,1H3;7-14,17H,2-6H2,1H3/b2*23-21-. The van der Waals surface area contributed by atoms with Crippen molar-refractivity contribution in [3.8, 4) is 22.3 Å². The summed E-state index contributed by atoms with van der Waals surface area (Å²) in [6, 6.07) is 26.3. The van der Waals surface area contributed by atoms with Crippen molar-refractivity contribution in [1.29, 1.82) is 0 Å². The minimum absolute atomic E-state index is 0.00139. The van der Waals surface area contributed by atoms with Gasteiger partial charge in [0, 0.05) is 54.0 Å². The van der Waals surface area contributed by atoms with Crippen molar-refractivity contribution < 1.29 is 38.7 Å². The van der Waals surface area contributed by atoms with Crippen LogP contribution in [-0.2, 0) is 19.3 Å². The molecule has 4 aromatic carbocycles. The van der Waals surface area contributed by atoms with E-state index >= 15 is 0 Å². The molecule has 14 heteroatoms. The number of non-ortho nitro benzene ring substituents is 1. The average molecular weight is 789 g/mol. The van der Waals surface area contributed by atoms with Crippen molar-refractivity contribution in [2.24, 2.45) is 22.1 Å². The van der Waals surface area contributed by atoms with E-state index in [0.29, 0.717) is 28.0 Å². The number of carbonyl (C=O) groups excluding carboxylic acids is 4. The first kappa shape index (κ1) is 42.4. The number of nitrogens with zero attached hydrogens (tertiary/aromatic N) is 4. The van der Waals surface area contributed by atoms with E-state index in [1.54, 1.807) is 92.7 Å². The highest BCUT2D eigenvalue weighted by Gasteiger charge is 2.30. The van der Waals surface area contributed by atoms with Crippen LogP contribution in [0.25, 0.3) is 22.3 Å². The summed E-state index contributed by atoms with van der Waals surface area (Å²) < 4.78 is 0. The molecule has 0 unspecified atom stereocenters. The molecule has 2 aliphatic rings. The van der Waals surface area contributed by atoms with Gasteiger partial charge in [0.25, 0.3) is 11.4 Å². The second-order valence-corrected chi connectivity index (χ2v) is 13.9. The molecular weight excluding hydrogens is 745 g/mol. The third kappa shape index (κ3) is 11.0. The fraction of sp³-hybridized carbons (Fsp3) is 0.318. The van der Waals surface area contributed by atoms with Gasteiger partial charge in [0.1, 0.15) is 11.4 Å². The number of nitro groups is 2. The van der Waals surface area contributed by atoms with E-state index in [-0.39, 0.29) is 53.3 Å². The second kappa shape index (κ2) is 20.5. The Balaban J connectivity index is 0.000000221. The molecule has 0 saturated heterocycles. The van der Waals surface area contributed by atoms with Crippen LogP contribution >= 0.6 is 0 Å². The van der Waals surface area contributed by atoms with Crippen LogP contribution in [0.4, 0.5) is 11.4 Å². The van der Waals surface area contributed by atoms with Crippen molar-refractivity contribution in [2.45, 2.75) is 78.1 Å². The number of benzene rings is 4. The molecule has 0 heterocycles. The van der Waals surface area contributed by atoms with Gasteiger partial charge in [-0.3, -0.25) is 29.8 Å². The first-order valence-corrected chi connectivity index (χ1v) is 19.3. The van der Waals surface area contributed by atoms with Gasteiger partial charge in [0.05, 0.1) is 15.4 Å². The summed E-state index contributed by atoms with van der Waals surface area (Å²) in [6.45, 7) is 3.34. The summed E-state index contributed by atoms with van der Waals surface area (Å²) in [7, 11) is 0. The molecule has 58 heavy (non-hydrogen) atoms. The number of Topliss-reactive ketones (excluding diaryl/α,β-unsaturated/α-hetero) is 2. The zero-order valence-electron chi connectivity index (χ0n) is 32.3. The topological polar surface area (TPSA) is 198 Å². The number of para-hydroxylation sites is 1. The SMILES string of the molecule is CCC(=O)O/N=C(\C(=O)c1ccc(-c2ccc([N+](=O)[O-])cc2)cc1)C1CCCC1.CCC(=O)O/N=C(\C(=O)c1ccc(-c2ccccc2[N+](=O)[O-])cc1)C1CCCC1. The summed E-state index contributed by atoms with van der Waals surface area (Å²) in [5, 5.41) is 29.8. The predicted molar refractivity (Wildman–Crippen MR) is 217 cm³/mol. The molecule has 0 amide bonds. The molecule has 2 saturated carbocycles. The maximum atomic E-state index is 13.0. The van der Waals surface area contributed by atoms with Crippen molar-refractivity contribution >= 4 is 46.3 Å². The van der Waals surface area contributed by atoms with Crippen LogP contribution in [0.15, 0.2) is 107 Å². The minimum atomic E-state index is -0.486. The molecule has 4 aromatic rings. The van der Waals surface area contributed by atoms with Gasteiger partial charge in [-0.05, 0) is 60.6 Å². The van der Waals surface area contributed by atoms with Crippen molar-refractivity contribution in [3.63, 3.8) is 0 Å². The number of carbonyl (C=O) groups is 4. The monoisotopic (exact) mass is 788 g/mol. The van der Waals surface area contributed by atoms with E-state index in [1.807, 2.05) is 0 Å². The third-order valence-electron chi connectivity index (χ3n) is 10.1. The smallest absolute Gasteiger partial charge is 0.318 e. The fourth-order valence-electron chi connectivity index (χ4n) is 6.89. The molecule has 0 bridgehead atoms. The molecule has 0 N–H and O–H groups in total. The summed E-state index contributed by atoms with van der Waals surface area (Å²) in [5.74, 6) is -1.50. The Morgan fingerprint density at radius 3 is 1.36 bits per heavy atom. The highest BCUT2D eigenvalue weighted by molar-refractivity contribution is 6.47. The van der Waals surface area contributed by atoms with Crippen LogP contribution < -0.4 is 0 Å². The van der Waals surface area contributed by atoms with Gasteiger partial charge in [0.15, 0.2) is 0 Å².